The van der Waals surface area contributed by atoms with Crippen molar-refractivity contribution in [3.05, 3.63) is 40.7 Å². The molecule has 136 valence electrons. The molecule has 1 aliphatic rings. The van der Waals surface area contributed by atoms with E-state index in [1.54, 1.807) is 14.2 Å². The summed E-state index contributed by atoms with van der Waals surface area (Å²) in [6.45, 7) is 8.46. The van der Waals surface area contributed by atoms with Crippen LogP contribution >= 0.6 is 0 Å². The molecule has 0 unspecified atom stereocenters. The summed E-state index contributed by atoms with van der Waals surface area (Å²) in [7, 11) is 3.28. The number of aliphatic hydroxyl groups is 1. The lowest BCUT2D eigenvalue weighted by molar-refractivity contribution is 0.0840. The number of aliphatic hydroxyl groups excluding tert-OH is 1. The number of nitrogens with zero attached hydrogens (tertiary/aromatic N) is 2. The molecule has 0 bridgehead atoms. The van der Waals surface area contributed by atoms with Crippen molar-refractivity contribution in [2.75, 3.05) is 20.8 Å². The minimum atomic E-state index is -0.612. The Kier molecular flexibility index (Phi) is 4.75. The van der Waals surface area contributed by atoms with Gasteiger partial charge in [-0.15, -0.1) is 0 Å². The quantitative estimate of drug-likeness (QED) is 0.892. The van der Waals surface area contributed by atoms with Crippen LogP contribution in [-0.4, -0.2) is 41.0 Å². The molecule has 0 radical (unpaired) electrons. The molecular formula is C19H27N3O3. The van der Waals surface area contributed by atoms with Crippen molar-refractivity contribution in [1.29, 1.82) is 0 Å². The Bertz CT molecular complexity index is 749. The van der Waals surface area contributed by atoms with E-state index < -0.39 is 6.10 Å². The Hall–Kier alpha value is -2.05. The van der Waals surface area contributed by atoms with Gasteiger partial charge in [0.15, 0.2) is 0 Å². The summed E-state index contributed by atoms with van der Waals surface area (Å²) in [5.41, 5.74) is 4.11. The number of ether oxygens (including phenoxy) is 2. The Labute approximate surface area is 148 Å². The molecule has 0 saturated carbocycles. The lowest BCUT2D eigenvalue weighted by Crippen LogP contribution is -2.34. The Morgan fingerprint density at radius 3 is 2.56 bits per heavy atom. The molecule has 1 atom stereocenters. The molecule has 0 fully saturated rings. The van der Waals surface area contributed by atoms with E-state index in [2.05, 4.69) is 35.9 Å². The Balaban J connectivity index is 1.91. The van der Waals surface area contributed by atoms with Crippen LogP contribution in [0, 0.1) is 0 Å². The summed E-state index contributed by atoms with van der Waals surface area (Å²) in [6.07, 6.45) is 1.27. The van der Waals surface area contributed by atoms with Crippen LogP contribution in [0.5, 0.6) is 11.5 Å². The van der Waals surface area contributed by atoms with Gasteiger partial charge in [0.2, 0.25) is 0 Å². The van der Waals surface area contributed by atoms with Gasteiger partial charge in [-0.3, -0.25) is 10.00 Å². The third kappa shape index (κ3) is 3.37. The summed E-state index contributed by atoms with van der Waals surface area (Å²) in [6, 6.07) is 3.75. The minimum absolute atomic E-state index is 0.000939. The predicted molar refractivity (Wildman–Crippen MR) is 95.9 cm³/mol. The molecule has 6 nitrogen and oxygen atoms in total. The maximum absolute atomic E-state index is 10.7. The van der Waals surface area contributed by atoms with Crippen molar-refractivity contribution < 1.29 is 14.6 Å². The molecule has 0 spiro atoms. The maximum atomic E-state index is 10.7. The fourth-order valence-corrected chi connectivity index (χ4v) is 3.59. The molecule has 1 aliphatic heterocycles. The number of methoxy groups -OCH3 is 2. The summed E-state index contributed by atoms with van der Waals surface area (Å²) in [5.74, 6) is 1.49. The largest absolute Gasteiger partial charge is 0.496 e. The fraction of sp³-hybridized carbons (Fsp3) is 0.526. The van der Waals surface area contributed by atoms with Crippen molar-refractivity contribution in [2.24, 2.45) is 0 Å². The molecule has 0 saturated heterocycles. The van der Waals surface area contributed by atoms with E-state index >= 15 is 0 Å². The van der Waals surface area contributed by atoms with Crippen LogP contribution in [0.15, 0.2) is 18.3 Å². The van der Waals surface area contributed by atoms with Crippen LogP contribution < -0.4 is 9.47 Å². The van der Waals surface area contributed by atoms with E-state index in [1.807, 2.05) is 18.3 Å². The average molecular weight is 345 g/mol. The second-order valence-corrected chi connectivity index (χ2v) is 7.57. The molecule has 2 heterocycles. The zero-order chi connectivity index (χ0) is 18.2. The van der Waals surface area contributed by atoms with Crippen LogP contribution in [0.25, 0.3) is 0 Å². The molecule has 3 rings (SSSR count). The Morgan fingerprint density at radius 2 is 1.92 bits per heavy atom. The molecule has 2 aromatic rings. The first-order valence-corrected chi connectivity index (χ1v) is 8.52. The van der Waals surface area contributed by atoms with E-state index in [9.17, 15) is 5.11 Å². The zero-order valence-electron chi connectivity index (χ0n) is 15.6. The number of nitrogens with one attached hydrogen (secondary N) is 1. The predicted octanol–water partition coefficient (Wildman–Crippen LogP) is 2.77. The van der Waals surface area contributed by atoms with Crippen LogP contribution in [0.2, 0.25) is 0 Å². The lowest BCUT2D eigenvalue weighted by atomic mass is 9.89. The summed E-state index contributed by atoms with van der Waals surface area (Å²) in [4.78, 5) is 2.22. The Morgan fingerprint density at radius 1 is 1.24 bits per heavy atom. The molecule has 25 heavy (non-hydrogen) atoms. The molecule has 6 heteroatoms. The molecular weight excluding hydrogens is 318 g/mol. The highest BCUT2D eigenvalue weighted by atomic mass is 16.5. The number of H-pyrrole nitrogens is 1. The first kappa shape index (κ1) is 17.8. The number of hydrogen-bond acceptors (Lipinski definition) is 5. The van der Waals surface area contributed by atoms with E-state index in [0.717, 1.165) is 34.7 Å². The highest BCUT2D eigenvalue weighted by molar-refractivity contribution is 5.51. The van der Waals surface area contributed by atoms with Crippen molar-refractivity contribution in [3.8, 4) is 11.5 Å². The minimum Gasteiger partial charge on any atom is -0.496 e. The van der Waals surface area contributed by atoms with Crippen molar-refractivity contribution in [1.82, 2.24) is 15.1 Å². The molecule has 1 aromatic carbocycles. The standard InChI is InChI=1S/C19H27N3O3/c1-19(2,3)18-12(8-20-21-18)9-22-10-13-15(24-4)6-7-16(25-5)17(13)14(23)11-22/h6-8,14,23H,9-11H2,1-5H3,(H,20,21)/t14-/m0/s1. The van der Waals surface area contributed by atoms with Crippen molar-refractivity contribution in [2.45, 2.75) is 45.4 Å². The van der Waals surface area contributed by atoms with Gasteiger partial charge in [-0.25, -0.2) is 0 Å². The summed E-state index contributed by atoms with van der Waals surface area (Å²) >= 11 is 0. The molecule has 0 aliphatic carbocycles. The topological polar surface area (TPSA) is 70.6 Å². The van der Waals surface area contributed by atoms with E-state index in [0.29, 0.717) is 18.8 Å². The van der Waals surface area contributed by atoms with Gasteiger partial charge in [0.05, 0.1) is 26.5 Å². The van der Waals surface area contributed by atoms with Crippen molar-refractivity contribution in [3.63, 3.8) is 0 Å². The summed E-state index contributed by atoms with van der Waals surface area (Å²) in [5, 5.41) is 18.1. The number of rotatable bonds is 4. The van der Waals surface area contributed by atoms with E-state index in [4.69, 9.17) is 9.47 Å². The van der Waals surface area contributed by atoms with E-state index in [-0.39, 0.29) is 5.41 Å². The number of benzene rings is 1. The third-order valence-corrected chi connectivity index (χ3v) is 4.72. The number of fused-ring (bicyclic) bond motifs is 1. The number of hydrogen-bond donors (Lipinski definition) is 2. The highest BCUT2D eigenvalue weighted by Crippen LogP contribution is 2.40. The van der Waals surface area contributed by atoms with Gasteiger partial charge in [0, 0.05) is 47.4 Å². The number of aromatic amines is 1. The first-order valence-electron chi connectivity index (χ1n) is 8.52. The monoisotopic (exact) mass is 345 g/mol. The second-order valence-electron chi connectivity index (χ2n) is 7.57. The fourth-order valence-electron chi connectivity index (χ4n) is 3.59. The van der Waals surface area contributed by atoms with Gasteiger partial charge in [-0.05, 0) is 12.1 Å². The molecule has 2 N–H and O–H groups in total. The SMILES string of the molecule is COc1ccc(OC)c2c1CN(Cc1cn[nH]c1C(C)(C)C)C[C@@H]2O. The summed E-state index contributed by atoms with van der Waals surface area (Å²) < 4.78 is 10.9. The number of β-amino-alcohol motifs (C(OH)–C–C–N with tert-alkyl or cyclic N) is 1. The zero-order valence-corrected chi connectivity index (χ0v) is 15.6. The number of aromatic nitrogens is 2. The smallest absolute Gasteiger partial charge is 0.125 e. The van der Waals surface area contributed by atoms with Crippen LogP contribution in [0.4, 0.5) is 0 Å². The van der Waals surface area contributed by atoms with Crippen LogP contribution in [0.1, 0.15) is 49.3 Å². The normalized spacial score (nSPS) is 18.1. The van der Waals surface area contributed by atoms with Gasteiger partial charge < -0.3 is 14.6 Å². The maximum Gasteiger partial charge on any atom is 0.125 e. The first-order chi connectivity index (χ1) is 11.8. The van der Waals surface area contributed by atoms with Gasteiger partial charge in [-0.2, -0.15) is 5.10 Å². The van der Waals surface area contributed by atoms with Crippen LogP contribution in [-0.2, 0) is 18.5 Å². The third-order valence-electron chi connectivity index (χ3n) is 4.72. The second kappa shape index (κ2) is 6.69. The van der Waals surface area contributed by atoms with Crippen LogP contribution in [0.3, 0.4) is 0 Å². The van der Waals surface area contributed by atoms with Crippen molar-refractivity contribution >= 4 is 0 Å². The highest BCUT2D eigenvalue weighted by Gasteiger charge is 2.31. The van der Waals surface area contributed by atoms with Gasteiger partial charge in [0.25, 0.3) is 0 Å². The lowest BCUT2D eigenvalue weighted by Gasteiger charge is -2.34. The van der Waals surface area contributed by atoms with Gasteiger partial charge >= 0.3 is 0 Å². The average Bonchev–Trinajstić information content (AvgIpc) is 3.02. The van der Waals surface area contributed by atoms with E-state index in [1.165, 1.54) is 0 Å². The van der Waals surface area contributed by atoms with Gasteiger partial charge in [0.1, 0.15) is 11.5 Å². The molecule has 0 amide bonds. The van der Waals surface area contributed by atoms with Gasteiger partial charge in [-0.1, -0.05) is 20.8 Å². The molecule has 1 aromatic heterocycles.